The molecule has 1 aliphatic heterocycles. The molecule has 0 unspecified atom stereocenters. The number of ether oxygens (including phenoxy) is 3. The van der Waals surface area contributed by atoms with E-state index >= 15 is 0 Å². The number of halogens is 1. The topological polar surface area (TPSA) is 44.8 Å². The van der Waals surface area contributed by atoms with Crippen molar-refractivity contribution in [2.75, 3.05) is 12.1 Å². The van der Waals surface area contributed by atoms with Gasteiger partial charge in [-0.05, 0) is 12.1 Å². The van der Waals surface area contributed by atoms with Crippen LogP contribution in [0.3, 0.4) is 0 Å². The number of alkyl halides is 1. The molecule has 0 aliphatic carbocycles. The van der Waals surface area contributed by atoms with E-state index in [1.54, 1.807) is 18.2 Å². The number of hydrogen-bond donors (Lipinski definition) is 0. The van der Waals surface area contributed by atoms with Gasteiger partial charge in [0.1, 0.15) is 11.1 Å². The van der Waals surface area contributed by atoms with Crippen molar-refractivity contribution < 1.29 is 19.0 Å². The van der Waals surface area contributed by atoms with E-state index in [4.69, 9.17) is 14.2 Å². The molecule has 0 aromatic heterocycles. The predicted molar refractivity (Wildman–Crippen MR) is 52.0 cm³/mol. The van der Waals surface area contributed by atoms with Gasteiger partial charge >= 0.3 is 5.97 Å². The van der Waals surface area contributed by atoms with E-state index in [9.17, 15) is 4.79 Å². The van der Waals surface area contributed by atoms with Gasteiger partial charge in [-0.15, -0.1) is 0 Å². The van der Waals surface area contributed by atoms with Crippen LogP contribution in [0.25, 0.3) is 0 Å². The summed E-state index contributed by atoms with van der Waals surface area (Å²) in [6.07, 6.45) is 0. The third-order valence-electron chi connectivity index (χ3n) is 1.68. The van der Waals surface area contributed by atoms with Crippen molar-refractivity contribution in [2.45, 2.75) is 0 Å². The van der Waals surface area contributed by atoms with Crippen molar-refractivity contribution in [2.24, 2.45) is 0 Å². The van der Waals surface area contributed by atoms with Crippen LogP contribution in [0.2, 0.25) is 0 Å². The lowest BCUT2D eigenvalue weighted by Gasteiger charge is -2.02. The Morgan fingerprint density at radius 3 is 3.00 bits per heavy atom. The van der Waals surface area contributed by atoms with Gasteiger partial charge in [0.2, 0.25) is 6.79 Å². The Labute approximate surface area is 88.9 Å². The summed E-state index contributed by atoms with van der Waals surface area (Å²) in [6.45, 7) is 0.213. The van der Waals surface area contributed by atoms with E-state index in [-0.39, 0.29) is 18.1 Å². The summed E-state index contributed by atoms with van der Waals surface area (Å²) in [7, 11) is 0. The molecule has 1 aromatic carbocycles. The zero-order valence-corrected chi connectivity index (χ0v) is 8.74. The van der Waals surface area contributed by atoms with Crippen LogP contribution in [0.5, 0.6) is 17.2 Å². The number of rotatable bonds is 2. The summed E-state index contributed by atoms with van der Waals surface area (Å²) in [5, 5.41) is 0.168. The molecule has 74 valence electrons. The fraction of sp³-hybridized carbons (Fsp3) is 0.222. The molecule has 0 saturated heterocycles. The number of esters is 1. The SMILES string of the molecule is O=C(CBr)Oc1ccc2c(c1)OCO2. The van der Waals surface area contributed by atoms with Crippen LogP contribution < -0.4 is 14.2 Å². The fourth-order valence-electron chi connectivity index (χ4n) is 1.10. The minimum atomic E-state index is -0.344. The molecule has 4 nitrogen and oxygen atoms in total. The Bertz CT molecular complexity index is 364. The molecule has 0 atom stereocenters. The van der Waals surface area contributed by atoms with Gasteiger partial charge in [-0.1, -0.05) is 15.9 Å². The van der Waals surface area contributed by atoms with E-state index < -0.39 is 0 Å². The molecule has 0 spiro atoms. The van der Waals surface area contributed by atoms with Gasteiger partial charge < -0.3 is 14.2 Å². The highest BCUT2D eigenvalue weighted by Crippen LogP contribution is 2.35. The average Bonchev–Trinajstić information content (AvgIpc) is 2.64. The third-order valence-corrected chi connectivity index (χ3v) is 2.14. The summed E-state index contributed by atoms with van der Waals surface area (Å²) in [5.74, 6) is 1.39. The second-order valence-corrected chi connectivity index (χ2v) is 3.18. The Hall–Kier alpha value is -1.23. The second kappa shape index (κ2) is 3.88. The minimum Gasteiger partial charge on any atom is -0.454 e. The lowest BCUT2D eigenvalue weighted by Crippen LogP contribution is -2.08. The summed E-state index contributed by atoms with van der Waals surface area (Å²) in [5.41, 5.74) is 0. The first kappa shape index (κ1) is 9.33. The van der Waals surface area contributed by atoms with Crippen LogP contribution in [0.1, 0.15) is 0 Å². The van der Waals surface area contributed by atoms with Crippen LogP contribution in [0, 0.1) is 0 Å². The largest absolute Gasteiger partial charge is 0.454 e. The standard InChI is InChI=1S/C9H7BrO4/c10-4-9(11)14-6-1-2-7-8(3-6)13-5-12-7/h1-3H,4-5H2. The molecule has 5 heteroatoms. The second-order valence-electron chi connectivity index (χ2n) is 2.62. The van der Waals surface area contributed by atoms with Crippen molar-refractivity contribution in [3.63, 3.8) is 0 Å². The molecule has 0 bridgehead atoms. The number of benzene rings is 1. The van der Waals surface area contributed by atoms with E-state index in [0.29, 0.717) is 17.2 Å². The van der Waals surface area contributed by atoms with Crippen molar-refractivity contribution in [1.82, 2.24) is 0 Å². The van der Waals surface area contributed by atoms with Crippen molar-refractivity contribution >= 4 is 21.9 Å². The van der Waals surface area contributed by atoms with E-state index in [2.05, 4.69) is 15.9 Å². The van der Waals surface area contributed by atoms with Crippen LogP contribution in [-0.4, -0.2) is 18.1 Å². The maximum Gasteiger partial charge on any atom is 0.321 e. The van der Waals surface area contributed by atoms with Gasteiger partial charge in [0, 0.05) is 6.07 Å². The lowest BCUT2D eigenvalue weighted by molar-refractivity contribution is -0.131. The van der Waals surface area contributed by atoms with Crippen LogP contribution in [0.15, 0.2) is 18.2 Å². The molecular weight excluding hydrogens is 252 g/mol. The highest BCUT2D eigenvalue weighted by Gasteiger charge is 2.14. The first-order valence-corrected chi connectivity index (χ1v) is 5.08. The maximum atomic E-state index is 10.9. The Kier molecular flexibility index (Phi) is 2.58. The average molecular weight is 259 g/mol. The molecule has 2 rings (SSSR count). The highest BCUT2D eigenvalue weighted by molar-refractivity contribution is 9.09. The van der Waals surface area contributed by atoms with Gasteiger partial charge in [0.25, 0.3) is 0 Å². The Balaban J connectivity index is 2.16. The van der Waals surface area contributed by atoms with Crippen molar-refractivity contribution in [1.29, 1.82) is 0 Å². The lowest BCUT2D eigenvalue weighted by atomic mass is 10.3. The summed E-state index contributed by atoms with van der Waals surface area (Å²) >= 11 is 3.00. The van der Waals surface area contributed by atoms with Gasteiger partial charge in [0.15, 0.2) is 11.5 Å². The molecule has 0 saturated carbocycles. The number of fused-ring (bicyclic) bond motifs is 1. The first-order valence-electron chi connectivity index (χ1n) is 3.96. The maximum absolute atomic E-state index is 10.9. The summed E-state index contributed by atoms with van der Waals surface area (Å²) in [4.78, 5) is 10.9. The van der Waals surface area contributed by atoms with Gasteiger partial charge in [-0.3, -0.25) is 4.79 Å². The predicted octanol–water partition coefficient (Wildman–Crippen LogP) is 1.72. The third kappa shape index (κ3) is 1.82. The molecule has 1 heterocycles. The number of carbonyl (C=O) groups excluding carboxylic acids is 1. The molecule has 0 amide bonds. The van der Waals surface area contributed by atoms with E-state index in [1.165, 1.54) is 0 Å². The van der Waals surface area contributed by atoms with Crippen molar-refractivity contribution in [3.05, 3.63) is 18.2 Å². The van der Waals surface area contributed by atoms with Gasteiger partial charge in [-0.2, -0.15) is 0 Å². The Morgan fingerprint density at radius 1 is 1.43 bits per heavy atom. The molecule has 1 aromatic rings. The van der Waals surface area contributed by atoms with Crippen LogP contribution >= 0.6 is 15.9 Å². The number of hydrogen-bond acceptors (Lipinski definition) is 4. The molecule has 0 N–H and O–H groups in total. The monoisotopic (exact) mass is 258 g/mol. The fourth-order valence-corrected chi connectivity index (χ4v) is 1.21. The van der Waals surface area contributed by atoms with E-state index in [1.807, 2.05) is 0 Å². The van der Waals surface area contributed by atoms with E-state index in [0.717, 1.165) is 0 Å². The van der Waals surface area contributed by atoms with Gasteiger partial charge in [0.05, 0.1) is 0 Å². The molecule has 1 aliphatic rings. The zero-order valence-electron chi connectivity index (χ0n) is 7.16. The van der Waals surface area contributed by atoms with Gasteiger partial charge in [-0.25, -0.2) is 0 Å². The molecule has 0 fully saturated rings. The quantitative estimate of drug-likeness (QED) is 0.461. The summed E-state index contributed by atoms with van der Waals surface area (Å²) in [6, 6.07) is 5.00. The Morgan fingerprint density at radius 2 is 2.21 bits per heavy atom. The normalized spacial score (nSPS) is 12.6. The highest BCUT2D eigenvalue weighted by atomic mass is 79.9. The van der Waals surface area contributed by atoms with Crippen molar-refractivity contribution in [3.8, 4) is 17.2 Å². The molecule has 0 radical (unpaired) electrons. The molecular formula is C9H7BrO4. The minimum absolute atomic E-state index is 0.168. The zero-order chi connectivity index (χ0) is 9.97. The summed E-state index contributed by atoms with van der Waals surface area (Å²) < 4.78 is 15.2. The van der Waals surface area contributed by atoms with Crippen LogP contribution in [0.4, 0.5) is 0 Å². The molecule has 14 heavy (non-hydrogen) atoms. The number of carbonyl (C=O) groups is 1. The first-order chi connectivity index (χ1) is 6.79. The smallest absolute Gasteiger partial charge is 0.321 e. The van der Waals surface area contributed by atoms with Crippen LogP contribution in [-0.2, 0) is 4.79 Å².